The number of allylic oxidation sites excluding steroid dienone is 4. The molecular weight excluding hydrogens is 608 g/mol. The summed E-state index contributed by atoms with van der Waals surface area (Å²) in [6, 6.07) is 12.7. The van der Waals surface area contributed by atoms with E-state index in [4.69, 9.17) is 18.9 Å². The molecule has 8 aliphatic rings. The van der Waals surface area contributed by atoms with Crippen molar-refractivity contribution < 1.29 is 38.7 Å². The summed E-state index contributed by atoms with van der Waals surface area (Å²) in [7, 11) is 0. The number of hydrogen-bond donors (Lipinski definition) is 2. The highest BCUT2D eigenvalue weighted by molar-refractivity contribution is 5.66. The molecule has 2 heterocycles. The molecule has 0 saturated heterocycles. The second-order valence-electron chi connectivity index (χ2n) is 15.4. The molecule has 0 spiro atoms. The Hall–Kier alpha value is -3.94. The summed E-state index contributed by atoms with van der Waals surface area (Å²) in [5.41, 5.74) is 2.55. The van der Waals surface area contributed by atoms with Crippen molar-refractivity contribution >= 4 is 11.9 Å². The predicted octanol–water partition coefficient (Wildman–Crippen LogP) is 7.01. The van der Waals surface area contributed by atoms with Gasteiger partial charge in [0.05, 0.1) is 0 Å². The van der Waals surface area contributed by atoms with Gasteiger partial charge in [0.25, 0.3) is 0 Å². The van der Waals surface area contributed by atoms with E-state index >= 15 is 0 Å². The van der Waals surface area contributed by atoms with Crippen molar-refractivity contribution in [2.45, 2.75) is 51.4 Å². The van der Waals surface area contributed by atoms with E-state index < -0.39 is 11.9 Å². The minimum Gasteiger partial charge on any atom is -0.481 e. The second-order valence-corrected chi connectivity index (χ2v) is 15.4. The van der Waals surface area contributed by atoms with Gasteiger partial charge in [0.15, 0.2) is 23.0 Å². The molecular formula is C40H44O8. The van der Waals surface area contributed by atoms with Crippen molar-refractivity contribution in [3.63, 3.8) is 0 Å². The van der Waals surface area contributed by atoms with Crippen molar-refractivity contribution in [2.24, 2.45) is 71.0 Å². The number of rotatable bonds is 12. The van der Waals surface area contributed by atoms with Gasteiger partial charge >= 0.3 is 11.9 Å². The van der Waals surface area contributed by atoms with E-state index in [0.717, 1.165) is 61.5 Å². The normalized spacial score (nSPS) is 36.8. The fourth-order valence-electron chi connectivity index (χ4n) is 11.8. The number of carbonyl (C=O) groups is 2. The summed E-state index contributed by atoms with van der Waals surface area (Å²) in [5, 5.41) is 18.9. The Bertz CT molecular complexity index is 1660. The van der Waals surface area contributed by atoms with Gasteiger partial charge < -0.3 is 29.2 Å². The number of aliphatic carboxylic acids is 2. The monoisotopic (exact) mass is 652 g/mol. The maximum absolute atomic E-state index is 11.5. The quantitative estimate of drug-likeness (QED) is 0.236. The molecule has 12 atom stereocenters. The molecule has 2 aromatic rings. The number of fused-ring (bicyclic) bond motifs is 3. The van der Waals surface area contributed by atoms with Gasteiger partial charge in [-0.2, -0.15) is 0 Å². The Balaban J connectivity index is 1.01. The minimum atomic E-state index is -0.713. The van der Waals surface area contributed by atoms with Crippen LogP contribution in [0, 0.1) is 71.0 Å². The summed E-state index contributed by atoms with van der Waals surface area (Å²) >= 11 is 0. The van der Waals surface area contributed by atoms with Gasteiger partial charge in [0.2, 0.25) is 13.6 Å². The third-order valence-corrected chi connectivity index (χ3v) is 13.4. The average molecular weight is 653 g/mol. The molecule has 10 rings (SSSR count). The van der Waals surface area contributed by atoms with Gasteiger partial charge in [-0.15, -0.1) is 0 Å². The van der Waals surface area contributed by atoms with Crippen LogP contribution in [0.1, 0.15) is 49.7 Å². The molecule has 0 unspecified atom stereocenters. The molecule has 3 saturated carbocycles. The molecule has 2 aliphatic heterocycles. The number of hydrogen-bond acceptors (Lipinski definition) is 6. The Morgan fingerprint density at radius 1 is 0.542 bits per heavy atom. The molecule has 0 aromatic heterocycles. The zero-order valence-corrected chi connectivity index (χ0v) is 27.1. The Morgan fingerprint density at radius 3 is 1.60 bits per heavy atom. The van der Waals surface area contributed by atoms with E-state index in [9.17, 15) is 19.8 Å². The topological polar surface area (TPSA) is 112 Å². The maximum atomic E-state index is 11.5. The molecule has 8 heteroatoms. The first-order valence-electron chi connectivity index (χ1n) is 18.0. The van der Waals surface area contributed by atoms with Gasteiger partial charge in [-0.25, -0.2) is 0 Å². The van der Waals surface area contributed by atoms with Gasteiger partial charge in [-0.1, -0.05) is 36.4 Å². The van der Waals surface area contributed by atoms with Crippen LogP contribution in [-0.4, -0.2) is 35.7 Å². The van der Waals surface area contributed by atoms with Crippen LogP contribution in [0.3, 0.4) is 0 Å². The fraction of sp³-hybridized carbons (Fsp3) is 0.550. The lowest BCUT2D eigenvalue weighted by atomic mass is 9.33. The van der Waals surface area contributed by atoms with E-state index in [1.807, 2.05) is 12.1 Å². The molecule has 6 aliphatic carbocycles. The first-order valence-corrected chi connectivity index (χ1v) is 18.0. The standard InChI is InChI=1S/C40H44O8/c41-35(42)5-1-3-23-25-9-10-27-26-11-12-28(38(27)39(25)29(23)15-21-7-13-31-33(17-21)47-19-45-31)40-30(24(37(26)40)4-2-6-36(43)44)16-22-8-14-32-34(18-22)48-20-46-32/h7-14,17-18,23-30,37-40H,1-6,15-16,19-20H2,(H,41,42)(H,43,44)/t23-,24+,25+,26+,27+,28-,29+,30+,37-,38+,39+,40-/m1/s1. The predicted molar refractivity (Wildman–Crippen MR) is 176 cm³/mol. The molecule has 48 heavy (non-hydrogen) atoms. The summed E-state index contributed by atoms with van der Waals surface area (Å²) in [6.07, 6.45) is 15.9. The van der Waals surface area contributed by atoms with E-state index in [1.165, 1.54) is 11.1 Å². The van der Waals surface area contributed by atoms with Crippen molar-refractivity contribution in [3.05, 3.63) is 71.8 Å². The summed E-state index contributed by atoms with van der Waals surface area (Å²) < 4.78 is 22.7. The fourth-order valence-corrected chi connectivity index (χ4v) is 11.8. The number of benzene rings is 2. The van der Waals surface area contributed by atoms with Crippen LogP contribution in [0.15, 0.2) is 60.7 Å². The third kappa shape index (κ3) is 4.92. The van der Waals surface area contributed by atoms with Crippen LogP contribution in [0.4, 0.5) is 0 Å². The minimum absolute atomic E-state index is 0.225. The van der Waals surface area contributed by atoms with E-state index in [0.29, 0.717) is 71.0 Å². The zero-order valence-electron chi connectivity index (χ0n) is 27.1. The SMILES string of the molecule is O=C(O)CCC[C@@H]1[C@@H]2C=C[C@H]3[C@@H]4C=C[C@H]([C@H]3[C@@H]2[C@H]1Cc1ccc2c(c1)OCO2)[C@@H]1[C@@H](Cc2ccc3c(c2)OCO3)[C@H](CCCC(=O)O)[C@H]41. The van der Waals surface area contributed by atoms with Crippen molar-refractivity contribution in [1.29, 1.82) is 0 Å². The van der Waals surface area contributed by atoms with E-state index in [2.05, 4.69) is 48.6 Å². The highest BCUT2D eigenvalue weighted by Crippen LogP contribution is 2.72. The van der Waals surface area contributed by atoms with Gasteiger partial charge in [-0.05, 0) is 145 Å². The van der Waals surface area contributed by atoms with Crippen LogP contribution in [0.5, 0.6) is 23.0 Å². The van der Waals surface area contributed by atoms with Gasteiger partial charge in [0.1, 0.15) is 0 Å². The first-order chi connectivity index (χ1) is 23.4. The Morgan fingerprint density at radius 2 is 1.00 bits per heavy atom. The molecule has 252 valence electrons. The van der Waals surface area contributed by atoms with Crippen molar-refractivity contribution in [1.82, 2.24) is 0 Å². The molecule has 2 bridgehead atoms. The first kappa shape index (κ1) is 30.1. The third-order valence-electron chi connectivity index (χ3n) is 13.4. The summed E-state index contributed by atoms with van der Waals surface area (Å²) in [6.45, 7) is 0.533. The summed E-state index contributed by atoms with van der Waals surface area (Å²) in [5.74, 6) is 8.14. The average Bonchev–Trinajstić information content (AvgIpc) is 3.75. The van der Waals surface area contributed by atoms with Crippen molar-refractivity contribution in [3.8, 4) is 23.0 Å². The second kappa shape index (κ2) is 11.9. The van der Waals surface area contributed by atoms with Crippen molar-refractivity contribution in [2.75, 3.05) is 13.6 Å². The highest BCUT2D eigenvalue weighted by atomic mass is 16.7. The molecule has 0 radical (unpaired) electrons. The molecule has 8 nitrogen and oxygen atoms in total. The van der Waals surface area contributed by atoms with E-state index in [-0.39, 0.29) is 26.4 Å². The number of ether oxygens (including phenoxy) is 4. The molecule has 2 aromatic carbocycles. The van der Waals surface area contributed by atoms with Crippen LogP contribution < -0.4 is 18.9 Å². The lowest BCUT2D eigenvalue weighted by Crippen LogP contribution is -2.67. The van der Waals surface area contributed by atoms with Gasteiger partial charge in [0, 0.05) is 12.8 Å². The summed E-state index contributed by atoms with van der Waals surface area (Å²) in [4.78, 5) is 22.9. The van der Waals surface area contributed by atoms with Crippen LogP contribution in [-0.2, 0) is 22.4 Å². The Labute approximate surface area is 281 Å². The van der Waals surface area contributed by atoms with Crippen LogP contribution in [0.2, 0.25) is 0 Å². The number of carboxylic acids is 2. The maximum Gasteiger partial charge on any atom is 0.303 e. The molecule has 0 amide bonds. The number of carboxylic acid groups (broad SMARTS) is 2. The smallest absolute Gasteiger partial charge is 0.303 e. The van der Waals surface area contributed by atoms with Gasteiger partial charge in [-0.3, -0.25) is 9.59 Å². The zero-order chi connectivity index (χ0) is 32.5. The molecule has 2 N–H and O–H groups in total. The van der Waals surface area contributed by atoms with Crippen LogP contribution in [0.25, 0.3) is 0 Å². The molecule has 3 fully saturated rings. The lowest BCUT2D eigenvalue weighted by molar-refractivity contribution is -0.190. The lowest BCUT2D eigenvalue weighted by Gasteiger charge is -2.71. The van der Waals surface area contributed by atoms with E-state index in [1.54, 1.807) is 0 Å². The highest BCUT2D eigenvalue weighted by Gasteiger charge is 2.67. The largest absolute Gasteiger partial charge is 0.481 e. The van der Waals surface area contributed by atoms with Crippen LogP contribution >= 0.6 is 0 Å². The Kier molecular flexibility index (Phi) is 7.46.